The molecule has 1 aliphatic heterocycles. The van der Waals surface area contributed by atoms with Crippen molar-refractivity contribution in [1.29, 1.82) is 0 Å². The van der Waals surface area contributed by atoms with Crippen LogP contribution in [0.25, 0.3) is 16.7 Å². The van der Waals surface area contributed by atoms with Crippen LogP contribution in [0.4, 0.5) is 5.82 Å². The largest absolute Gasteiger partial charge is 0.369 e. The van der Waals surface area contributed by atoms with Crippen LogP contribution in [-0.4, -0.2) is 25.9 Å². The van der Waals surface area contributed by atoms with Crippen LogP contribution in [0, 0.1) is 13.8 Å². The number of fused-ring (bicyclic) bond motifs is 3. The summed E-state index contributed by atoms with van der Waals surface area (Å²) in [5.41, 5.74) is 3.63. The molecule has 3 heterocycles. The molecule has 6 nitrogen and oxygen atoms in total. The number of nitrogens with one attached hydrogen (secondary N) is 1. The number of nitrogens with zero attached hydrogens (tertiary/aromatic N) is 4. The Bertz CT molecular complexity index is 922. The molecule has 3 aromatic rings. The highest BCUT2D eigenvalue weighted by molar-refractivity contribution is 5.88. The zero-order valence-electron chi connectivity index (χ0n) is 11.9. The molecule has 1 aromatic carbocycles. The van der Waals surface area contributed by atoms with Crippen molar-refractivity contribution in [2.24, 2.45) is 0 Å². The van der Waals surface area contributed by atoms with Crippen LogP contribution in [0.5, 0.6) is 0 Å². The number of hydrogen-bond acceptors (Lipinski definition) is 4. The zero-order valence-corrected chi connectivity index (χ0v) is 11.9. The number of anilines is 1. The second-order valence-electron chi connectivity index (χ2n) is 5.40. The third-order valence-corrected chi connectivity index (χ3v) is 3.91. The van der Waals surface area contributed by atoms with E-state index in [-0.39, 0.29) is 5.69 Å². The summed E-state index contributed by atoms with van der Waals surface area (Å²) in [7, 11) is 0. The maximum atomic E-state index is 12.1. The molecule has 1 N–H and O–H groups in total. The predicted molar refractivity (Wildman–Crippen MR) is 81.1 cm³/mol. The van der Waals surface area contributed by atoms with E-state index in [1.165, 1.54) is 5.56 Å². The van der Waals surface area contributed by atoms with E-state index in [0.29, 0.717) is 12.2 Å². The summed E-state index contributed by atoms with van der Waals surface area (Å²) in [6.07, 6.45) is 1.77. The van der Waals surface area contributed by atoms with Gasteiger partial charge in [0.05, 0.1) is 17.3 Å². The van der Waals surface area contributed by atoms with E-state index in [1.807, 2.05) is 19.1 Å². The van der Waals surface area contributed by atoms with Gasteiger partial charge < -0.3 is 5.32 Å². The number of hydrogen-bond donors (Lipinski definition) is 1. The number of benzene rings is 1. The molecule has 0 atom stereocenters. The molecule has 0 radical (unpaired) electrons. The van der Waals surface area contributed by atoms with Crippen LogP contribution in [0.15, 0.2) is 29.2 Å². The Hall–Kier alpha value is -2.63. The number of aryl methyl sites for hydroxylation is 2. The molecular weight excluding hydrogens is 266 g/mol. The van der Waals surface area contributed by atoms with Crippen molar-refractivity contribution in [2.45, 2.75) is 20.4 Å². The molecule has 0 saturated carbocycles. The molecule has 1 aliphatic rings. The minimum Gasteiger partial charge on any atom is -0.369 e. The average Bonchev–Trinajstić information content (AvgIpc) is 3.05. The smallest absolute Gasteiger partial charge is 0.351 e. The standard InChI is InChI=1S/C15H15N5O/c1-9-3-4-12(10(2)7-9)20-14-11(8-17-20)13-16-5-6-19(13)15(21)18-14/h3-4,7-8,16H,5-6H2,1-2H3. The fourth-order valence-corrected chi connectivity index (χ4v) is 2.91. The lowest BCUT2D eigenvalue weighted by Gasteiger charge is -2.08. The Morgan fingerprint density at radius 1 is 1.29 bits per heavy atom. The van der Waals surface area contributed by atoms with Crippen LogP contribution in [0.3, 0.4) is 0 Å². The van der Waals surface area contributed by atoms with Gasteiger partial charge in [-0.25, -0.2) is 9.48 Å². The Labute approximate surface area is 121 Å². The summed E-state index contributed by atoms with van der Waals surface area (Å²) in [6, 6.07) is 6.15. The summed E-state index contributed by atoms with van der Waals surface area (Å²) in [5, 5.41) is 8.56. The van der Waals surface area contributed by atoms with Gasteiger partial charge in [-0.3, -0.25) is 4.57 Å². The minimum absolute atomic E-state index is 0.228. The van der Waals surface area contributed by atoms with Gasteiger partial charge in [0.1, 0.15) is 5.82 Å². The summed E-state index contributed by atoms with van der Waals surface area (Å²) in [5.74, 6) is 0.820. The lowest BCUT2D eigenvalue weighted by atomic mass is 10.1. The fourth-order valence-electron chi connectivity index (χ4n) is 2.91. The van der Waals surface area contributed by atoms with Gasteiger partial charge in [-0.1, -0.05) is 17.7 Å². The summed E-state index contributed by atoms with van der Waals surface area (Å²) >= 11 is 0. The number of rotatable bonds is 1. The Balaban J connectivity index is 2.03. The maximum absolute atomic E-state index is 12.1. The van der Waals surface area contributed by atoms with Crippen molar-refractivity contribution in [2.75, 3.05) is 11.9 Å². The topological polar surface area (TPSA) is 64.7 Å². The van der Waals surface area contributed by atoms with E-state index < -0.39 is 0 Å². The van der Waals surface area contributed by atoms with Crippen molar-refractivity contribution in [3.05, 3.63) is 46.0 Å². The van der Waals surface area contributed by atoms with Crippen molar-refractivity contribution in [3.63, 3.8) is 0 Å². The third kappa shape index (κ3) is 1.68. The van der Waals surface area contributed by atoms with E-state index in [0.717, 1.165) is 29.0 Å². The molecule has 0 fully saturated rings. The van der Waals surface area contributed by atoms with Crippen molar-refractivity contribution >= 4 is 16.9 Å². The Kier molecular flexibility index (Phi) is 2.42. The first kappa shape index (κ1) is 12.1. The third-order valence-electron chi connectivity index (χ3n) is 3.91. The second kappa shape index (κ2) is 4.18. The van der Waals surface area contributed by atoms with E-state index in [4.69, 9.17) is 0 Å². The normalized spacial score (nSPS) is 13.4. The van der Waals surface area contributed by atoms with Crippen LogP contribution in [0.1, 0.15) is 11.1 Å². The van der Waals surface area contributed by atoms with Crippen molar-refractivity contribution in [1.82, 2.24) is 19.3 Å². The molecule has 0 spiro atoms. The van der Waals surface area contributed by atoms with Gasteiger partial charge in [0, 0.05) is 13.1 Å². The molecule has 106 valence electrons. The molecular formula is C15H15N5O. The maximum Gasteiger partial charge on any atom is 0.351 e. The molecule has 0 amide bonds. The SMILES string of the molecule is Cc1ccc(-n2ncc3c4n(c(=O)nc32)CCN4)c(C)c1. The fraction of sp³-hybridized carbons (Fsp3) is 0.267. The molecule has 0 bridgehead atoms. The lowest BCUT2D eigenvalue weighted by Crippen LogP contribution is -2.21. The summed E-state index contributed by atoms with van der Waals surface area (Å²) in [6.45, 7) is 5.50. The number of aromatic nitrogens is 4. The van der Waals surface area contributed by atoms with E-state index in [2.05, 4.69) is 28.4 Å². The van der Waals surface area contributed by atoms with Crippen molar-refractivity contribution < 1.29 is 0 Å². The van der Waals surface area contributed by atoms with Gasteiger partial charge in [-0.2, -0.15) is 10.1 Å². The molecule has 0 saturated heterocycles. The highest BCUT2D eigenvalue weighted by Gasteiger charge is 2.19. The van der Waals surface area contributed by atoms with Crippen LogP contribution in [-0.2, 0) is 6.54 Å². The summed E-state index contributed by atoms with van der Waals surface area (Å²) < 4.78 is 3.41. The van der Waals surface area contributed by atoms with Crippen LogP contribution in [0.2, 0.25) is 0 Å². The first-order valence-electron chi connectivity index (χ1n) is 6.95. The first-order valence-corrected chi connectivity index (χ1v) is 6.95. The average molecular weight is 281 g/mol. The highest BCUT2D eigenvalue weighted by Crippen LogP contribution is 2.25. The van der Waals surface area contributed by atoms with Gasteiger partial charge in [-0.05, 0) is 25.5 Å². The summed E-state index contributed by atoms with van der Waals surface area (Å²) in [4.78, 5) is 16.3. The van der Waals surface area contributed by atoms with E-state index >= 15 is 0 Å². The predicted octanol–water partition coefficient (Wildman–Crippen LogP) is 1.62. The Morgan fingerprint density at radius 2 is 2.14 bits per heavy atom. The van der Waals surface area contributed by atoms with Gasteiger partial charge >= 0.3 is 5.69 Å². The van der Waals surface area contributed by atoms with Crippen molar-refractivity contribution in [3.8, 4) is 5.69 Å². The zero-order chi connectivity index (χ0) is 14.6. The highest BCUT2D eigenvalue weighted by atomic mass is 16.1. The molecule has 2 aromatic heterocycles. The quantitative estimate of drug-likeness (QED) is 0.736. The molecule has 4 rings (SSSR count). The molecule has 21 heavy (non-hydrogen) atoms. The molecule has 0 unspecified atom stereocenters. The van der Waals surface area contributed by atoms with Gasteiger partial charge in [0.2, 0.25) is 0 Å². The van der Waals surface area contributed by atoms with Gasteiger partial charge in [0.25, 0.3) is 0 Å². The van der Waals surface area contributed by atoms with Gasteiger partial charge in [-0.15, -0.1) is 0 Å². The molecule has 0 aliphatic carbocycles. The van der Waals surface area contributed by atoms with Gasteiger partial charge in [0.15, 0.2) is 5.65 Å². The Morgan fingerprint density at radius 3 is 2.95 bits per heavy atom. The van der Waals surface area contributed by atoms with E-state index in [9.17, 15) is 4.79 Å². The lowest BCUT2D eigenvalue weighted by molar-refractivity contribution is 0.746. The second-order valence-corrected chi connectivity index (χ2v) is 5.40. The van der Waals surface area contributed by atoms with Crippen LogP contribution < -0.4 is 11.0 Å². The monoisotopic (exact) mass is 281 g/mol. The molecule has 6 heteroatoms. The first-order chi connectivity index (χ1) is 10.1. The van der Waals surface area contributed by atoms with Crippen LogP contribution >= 0.6 is 0 Å². The minimum atomic E-state index is -0.228. The van der Waals surface area contributed by atoms with E-state index in [1.54, 1.807) is 15.4 Å².